The maximum absolute atomic E-state index is 7.24. The van der Waals surface area contributed by atoms with Gasteiger partial charge in [-0.2, -0.15) is 0 Å². The largest absolute Gasteiger partial charge is 0.341 e. The summed E-state index contributed by atoms with van der Waals surface area (Å²) < 4.78 is 21.7. The third kappa shape index (κ3) is 3.07. The zero-order chi connectivity index (χ0) is 17.2. The van der Waals surface area contributed by atoms with Crippen LogP contribution < -0.4 is 10.2 Å². The summed E-state index contributed by atoms with van der Waals surface area (Å²) in [5.74, 6) is 0. The van der Waals surface area contributed by atoms with Crippen LogP contribution in [0.2, 0.25) is 5.02 Å². The molecule has 1 heterocycles. The van der Waals surface area contributed by atoms with Crippen molar-refractivity contribution in [2.45, 2.75) is 19.3 Å². The molecular weight excluding hydrogens is 280 g/mol. The highest BCUT2D eigenvalue weighted by molar-refractivity contribution is 6.30. The molecule has 1 aliphatic rings. The van der Waals surface area contributed by atoms with Crippen molar-refractivity contribution in [2.75, 3.05) is 25.0 Å². The average Bonchev–Trinajstić information content (AvgIpc) is 2.68. The molecule has 0 saturated carbocycles. The third-order valence-electron chi connectivity index (χ3n) is 3.97. The van der Waals surface area contributed by atoms with Gasteiger partial charge in [-0.05, 0) is 62.1 Å². The molecule has 3 heteroatoms. The minimum atomic E-state index is -2.09. The first-order valence-electron chi connectivity index (χ1n) is 8.83. The van der Waals surface area contributed by atoms with Gasteiger partial charge in [-0.25, -0.2) is 0 Å². The summed E-state index contributed by atoms with van der Waals surface area (Å²) in [6, 6.07) is 14.4. The number of hydrogen-bond acceptors (Lipinski definition) is 2. The molecule has 0 atom stereocenters. The van der Waals surface area contributed by atoms with E-state index in [4.69, 9.17) is 15.7 Å². The molecule has 2 nitrogen and oxygen atoms in total. The molecule has 21 heavy (non-hydrogen) atoms. The van der Waals surface area contributed by atoms with Crippen molar-refractivity contribution in [1.29, 1.82) is 0 Å². The van der Waals surface area contributed by atoms with Gasteiger partial charge in [0, 0.05) is 27.1 Å². The van der Waals surface area contributed by atoms with E-state index in [1.807, 2.05) is 18.2 Å². The highest BCUT2D eigenvalue weighted by Gasteiger charge is 2.20. The lowest BCUT2D eigenvalue weighted by molar-refractivity contribution is 0.723. The fourth-order valence-electron chi connectivity index (χ4n) is 2.95. The van der Waals surface area contributed by atoms with Gasteiger partial charge in [0.1, 0.15) is 0 Å². The normalized spacial score (nSPS) is 16.2. The van der Waals surface area contributed by atoms with Gasteiger partial charge in [0.15, 0.2) is 0 Å². The summed E-state index contributed by atoms with van der Waals surface area (Å²) in [6.45, 7) is -0.892. The SMILES string of the molecule is [2H]C([2H])([2H])NCCCN1c2ccccc2CCc2ccc(Cl)cc21. The molecule has 0 fully saturated rings. The van der Waals surface area contributed by atoms with E-state index in [1.165, 1.54) is 16.8 Å². The van der Waals surface area contributed by atoms with Crippen molar-refractivity contribution < 1.29 is 4.11 Å². The maximum Gasteiger partial charge on any atom is 0.0458 e. The van der Waals surface area contributed by atoms with Crippen molar-refractivity contribution in [3.05, 3.63) is 58.6 Å². The maximum atomic E-state index is 7.24. The predicted octanol–water partition coefficient (Wildman–Crippen LogP) is 4.19. The van der Waals surface area contributed by atoms with Gasteiger partial charge < -0.3 is 10.2 Å². The summed E-state index contributed by atoms with van der Waals surface area (Å²) in [7, 11) is 0. The second-order valence-corrected chi connectivity index (χ2v) is 5.77. The first kappa shape index (κ1) is 11.1. The number of hydrogen-bond donors (Lipinski definition) is 1. The molecule has 0 aliphatic carbocycles. The Morgan fingerprint density at radius 2 is 1.95 bits per heavy atom. The fraction of sp³-hybridized carbons (Fsp3) is 0.333. The lowest BCUT2D eigenvalue weighted by Gasteiger charge is -2.27. The van der Waals surface area contributed by atoms with Crippen LogP contribution in [0, 0.1) is 0 Å². The molecule has 0 amide bonds. The minimum Gasteiger partial charge on any atom is -0.341 e. The van der Waals surface area contributed by atoms with Crippen LogP contribution in [0.15, 0.2) is 42.5 Å². The van der Waals surface area contributed by atoms with Crippen LogP contribution >= 0.6 is 11.6 Å². The van der Waals surface area contributed by atoms with Crippen LogP contribution in [0.4, 0.5) is 11.4 Å². The summed E-state index contributed by atoms with van der Waals surface area (Å²) in [4.78, 5) is 2.27. The fourth-order valence-corrected chi connectivity index (χ4v) is 3.12. The Morgan fingerprint density at radius 3 is 2.81 bits per heavy atom. The zero-order valence-electron chi connectivity index (χ0n) is 14.9. The third-order valence-corrected chi connectivity index (χ3v) is 4.20. The van der Waals surface area contributed by atoms with E-state index >= 15 is 0 Å². The highest BCUT2D eigenvalue weighted by atomic mass is 35.5. The van der Waals surface area contributed by atoms with Crippen LogP contribution in [0.25, 0.3) is 0 Å². The standard InChI is InChI=1S/C18H21ClN2/c1-20-11-4-12-21-17-6-3-2-5-14(17)7-8-15-9-10-16(19)13-18(15)21/h2-3,5-6,9-10,13,20H,4,7-8,11-12H2,1H3/i1D3. The molecule has 1 N–H and O–H groups in total. The van der Waals surface area contributed by atoms with Crippen LogP contribution in [-0.2, 0) is 12.8 Å². The first-order valence-corrected chi connectivity index (χ1v) is 7.71. The van der Waals surface area contributed by atoms with E-state index in [2.05, 4.69) is 34.5 Å². The van der Waals surface area contributed by atoms with Crippen LogP contribution in [0.1, 0.15) is 21.7 Å². The lowest BCUT2D eigenvalue weighted by atomic mass is 10.0. The molecular formula is C18H21ClN2. The Kier molecular flexibility index (Phi) is 3.44. The topological polar surface area (TPSA) is 15.3 Å². The van der Waals surface area contributed by atoms with Crippen molar-refractivity contribution in [3.8, 4) is 0 Å². The highest BCUT2D eigenvalue weighted by Crippen LogP contribution is 2.37. The Hall–Kier alpha value is -1.51. The van der Waals surface area contributed by atoms with Gasteiger partial charge in [-0.15, -0.1) is 0 Å². The predicted molar refractivity (Wildman–Crippen MR) is 90.9 cm³/mol. The second kappa shape index (κ2) is 6.50. The molecule has 0 aromatic heterocycles. The number of benzene rings is 2. The molecule has 2 aromatic carbocycles. The summed E-state index contributed by atoms with van der Waals surface area (Å²) in [6.07, 6.45) is 2.71. The minimum absolute atomic E-state index is 0.449. The van der Waals surface area contributed by atoms with E-state index in [1.54, 1.807) is 0 Å². The molecule has 0 saturated heterocycles. The molecule has 0 bridgehead atoms. The van der Waals surface area contributed by atoms with Gasteiger partial charge >= 0.3 is 0 Å². The number of halogens is 1. The number of nitrogens with one attached hydrogen (secondary N) is 1. The van der Waals surface area contributed by atoms with Crippen molar-refractivity contribution in [2.24, 2.45) is 0 Å². The van der Waals surface area contributed by atoms with Crippen molar-refractivity contribution in [3.63, 3.8) is 0 Å². The molecule has 1 aliphatic heterocycles. The molecule has 0 unspecified atom stereocenters. The summed E-state index contributed by atoms with van der Waals surface area (Å²) in [5, 5.41) is 3.30. The number of nitrogens with zero attached hydrogens (tertiary/aromatic N) is 1. The van der Waals surface area contributed by atoms with E-state index < -0.39 is 6.98 Å². The monoisotopic (exact) mass is 303 g/mol. The van der Waals surface area contributed by atoms with Gasteiger partial charge in [-0.1, -0.05) is 35.9 Å². The van der Waals surface area contributed by atoms with Gasteiger partial charge in [-0.3, -0.25) is 0 Å². The van der Waals surface area contributed by atoms with Crippen LogP contribution in [0.5, 0.6) is 0 Å². The number of fused-ring (bicyclic) bond motifs is 2. The summed E-state index contributed by atoms with van der Waals surface area (Å²) in [5.41, 5.74) is 4.90. The average molecular weight is 304 g/mol. The molecule has 110 valence electrons. The Labute approximate surface area is 136 Å². The second-order valence-electron chi connectivity index (χ2n) is 5.33. The van der Waals surface area contributed by atoms with E-state index in [9.17, 15) is 0 Å². The number of rotatable bonds is 4. The van der Waals surface area contributed by atoms with Crippen molar-refractivity contribution >= 4 is 23.0 Å². The quantitative estimate of drug-likeness (QED) is 0.852. The van der Waals surface area contributed by atoms with Crippen LogP contribution in [-0.4, -0.2) is 20.1 Å². The van der Waals surface area contributed by atoms with Gasteiger partial charge in [0.05, 0.1) is 0 Å². The smallest absolute Gasteiger partial charge is 0.0458 e. The van der Waals surface area contributed by atoms with E-state index in [0.29, 0.717) is 6.54 Å². The molecule has 3 rings (SSSR count). The zero-order valence-corrected chi connectivity index (χ0v) is 12.7. The number of para-hydroxylation sites is 1. The molecule has 2 aromatic rings. The van der Waals surface area contributed by atoms with E-state index in [-0.39, 0.29) is 0 Å². The molecule has 0 radical (unpaired) electrons. The Bertz CT molecular complexity index is 716. The first-order chi connectivity index (χ1) is 11.4. The van der Waals surface area contributed by atoms with Gasteiger partial charge in [0.2, 0.25) is 0 Å². The Balaban J connectivity index is 1.86. The summed E-state index contributed by atoms with van der Waals surface area (Å²) >= 11 is 6.23. The lowest BCUT2D eigenvalue weighted by Crippen LogP contribution is -2.23. The van der Waals surface area contributed by atoms with Crippen molar-refractivity contribution in [1.82, 2.24) is 5.32 Å². The Morgan fingerprint density at radius 1 is 1.14 bits per heavy atom. The van der Waals surface area contributed by atoms with Crippen LogP contribution in [0.3, 0.4) is 0 Å². The number of aryl methyl sites for hydroxylation is 2. The van der Waals surface area contributed by atoms with E-state index in [0.717, 1.165) is 36.5 Å². The number of anilines is 2. The molecule has 0 spiro atoms. The van der Waals surface area contributed by atoms with Gasteiger partial charge in [0.25, 0.3) is 0 Å².